The lowest BCUT2D eigenvalue weighted by atomic mass is 9.86. The lowest BCUT2D eigenvalue weighted by Crippen LogP contribution is -2.22. The molecule has 0 atom stereocenters. The molecule has 7 heteroatoms. The van der Waals surface area contributed by atoms with Crippen molar-refractivity contribution in [2.75, 3.05) is 6.79 Å². The maximum Gasteiger partial charge on any atom is 0.416 e. The molecule has 0 radical (unpaired) electrons. The Balaban J connectivity index is 1.49. The second kappa shape index (κ2) is 7.92. The zero-order valence-corrected chi connectivity index (χ0v) is 17.6. The van der Waals surface area contributed by atoms with Crippen LogP contribution in [-0.4, -0.2) is 17.7 Å². The fourth-order valence-electron chi connectivity index (χ4n) is 4.46. The predicted molar refractivity (Wildman–Crippen MR) is 115 cm³/mol. The topological polar surface area (TPSA) is 55.8 Å². The molecule has 33 heavy (non-hydrogen) atoms. The Morgan fingerprint density at radius 3 is 2.45 bits per heavy atom. The number of carbonyl (C=O) groups excluding carboxylic acids is 1. The number of rotatable bonds is 6. The molecule has 0 amide bonds. The van der Waals surface area contributed by atoms with E-state index in [9.17, 15) is 23.1 Å². The van der Waals surface area contributed by atoms with E-state index < -0.39 is 17.2 Å². The van der Waals surface area contributed by atoms with Gasteiger partial charge in [0.1, 0.15) is 5.78 Å². The van der Waals surface area contributed by atoms with Crippen molar-refractivity contribution in [1.29, 1.82) is 0 Å². The Kier molecular flexibility index (Phi) is 5.16. The minimum Gasteiger partial charge on any atom is -0.454 e. The van der Waals surface area contributed by atoms with Crippen molar-refractivity contribution in [2.45, 2.75) is 37.5 Å². The van der Waals surface area contributed by atoms with Crippen molar-refractivity contribution in [3.05, 3.63) is 82.9 Å². The summed E-state index contributed by atoms with van der Waals surface area (Å²) < 4.78 is 51.7. The Morgan fingerprint density at radius 1 is 0.970 bits per heavy atom. The van der Waals surface area contributed by atoms with Crippen molar-refractivity contribution in [3.63, 3.8) is 0 Å². The average Bonchev–Trinajstić information content (AvgIpc) is 3.49. The fourth-order valence-corrected chi connectivity index (χ4v) is 4.46. The summed E-state index contributed by atoms with van der Waals surface area (Å²) in [5.74, 6) is 1.07. The van der Waals surface area contributed by atoms with E-state index in [-0.39, 0.29) is 25.6 Å². The standard InChI is InChI=1S/C26H21F3O4/c27-26(28,29)20-10-16(9-18(12-20)21-4-2-1-3-17(21)14-30)11-24(31)25(7-8-25)19-5-6-22-23(13-19)33-15-32-22/h1-6,9-10,12-13,30H,7-8,11,14-15H2. The van der Waals surface area contributed by atoms with Crippen LogP contribution in [0.3, 0.4) is 0 Å². The van der Waals surface area contributed by atoms with Crippen LogP contribution < -0.4 is 9.47 Å². The van der Waals surface area contributed by atoms with Gasteiger partial charge in [-0.25, -0.2) is 0 Å². The molecule has 2 aliphatic rings. The Labute approximate surface area is 188 Å². The summed E-state index contributed by atoms with van der Waals surface area (Å²) in [5.41, 5.74) is 0.927. The molecule has 0 aromatic heterocycles. The summed E-state index contributed by atoms with van der Waals surface area (Å²) in [6.45, 7) is -0.171. The Bertz CT molecular complexity index is 1230. The highest BCUT2D eigenvalue weighted by Crippen LogP contribution is 2.51. The normalized spacial score (nSPS) is 16.0. The zero-order chi connectivity index (χ0) is 23.2. The molecule has 0 unspecified atom stereocenters. The summed E-state index contributed by atoms with van der Waals surface area (Å²) in [7, 11) is 0. The quantitative estimate of drug-likeness (QED) is 0.539. The second-order valence-corrected chi connectivity index (χ2v) is 8.48. The SMILES string of the molecule is O=C(Cc1cc(-c2ccccc2CO)cc(C(F)(F)F)c1)C1(c2ccc3c(c2)OCO3)CC1. The highest BCUT2D eigenvalue weighted by molar-refractivity contribution is 5.95. The van der Waals surface area contributed by atoms with Crippen LogP contribution in [0.1, 0.15) is 35.1 Å². The lowest BCUT2D eigenvalue weighted by molar-refractivity contribution is -0.137. The van der Waals surface area contributed by atoms with Crippen LogP contribution in [0.25, 0.3) is 11.1 Å². The van der Waals surface area contributed by atoms with Crippen molar-refractivity contribution < 1.29 is 32.5 Å². The summed E-state index contributed by atoms with van der Waals surface area (Å²) in [5, 5.41) is 9.64. The van der Waals surface area contributed by atoms with Gasteiger partial charge in [-0.2, -0.15) is 13.2 Å². The minimum absolute atomic E-state index is 0.118. The number of hydrogen-bond donors (Lipinski definition) is 1. The third-order valence-corrected chi connectivity index (χ3v) is 6.39. The van der Waals surface area contributed by atoms with Gasteiger partial charge in [-0.05, 0) is 64.9 Å². The van der Waals surface area contributed by atoms with Gasteiger partial charge in [0.25, 0.3) is 0 Å². The molecule has 170 valence electrons. The molecule has 1 fully saturated rings. The van der Waals surface area contributed by atoms with E-state index in [2.05, 4.69) is 0 Å². The van der Waals surface area contributed by atoms with Gasteiger partial charge in [0, 0.05) is 6.42 Å². The Hall–Kier alpha value is -3.32. The number of alkyl halides is 3. The number of hydrogen-bond acceptors (Lipinski definition) is 4. The molecule has 5 rings (SSSR count). The van der Waals surface area contributed by atoms with Crippen molar-refractivity contribution >= 4 is 5.78 Å². The monoisotopic (exact) mass is 454 g/mol. The van der Waals surface area contributed by atoms with E-state index in [0.29, 0.717) is 46.6 Å². The van der Waals surface area contributed by atoms with E-state index in [1.807, 2.05) is 6.07 Å². The van der Waals surface area contributed by atoms with E-state index in [1.54, 1.807) is 42.5 Å². The maximum absolute atomic E-state index is 13.7. The molecule has 4 nitrogen and oxygen atoms in total. The molecule has 0 spiro atoms. The maximum atomic E-state index is 13.7. The van der Waals surface area contributed by atoms with Gasteiger partial charge < -0.3 is 14.6 Å². The molecule has 3 aromatic carbocycles. The second-order valence-electron chi connectivity index (χ2n) is 8.48. The predicted octanol–water partition coefficient (Wildman–Crippen LogP) is 5.44. The Morgan fingerprint density at radius 2 is 1.73 bits per heavy atom. The number of ether oxygens (including phenoxy) is 2. The van der Waals surface area contributed by atoms with Gasteiger partial charge in [0.15, 0.2) is 11.5 Å². The first kappa shape index (κ1) is 21.5. The van der Waals surface area contributed by atoms with Crippen LogP contribution in [0.15, 0.2) is 60.7 Å². The van der Waals surface area contributed by atoms with Crippen molar-refractivity contribution in [3.8, 4) is 22.6 Å². The van der Waals surface area contributed by atoms with Crippen molar-refractivity contribution in [2.24, 2.45) is 0 Å². The van der Waals surface area contributed by atoms with Gasteiger partial charge in [0.05, 0.1) is 17.6 Å². The number of aliphatic hydroxyl groups excluding tert-OH is 1. The van der Waals surface area contributed by atoms with Crippen LogP contribution in [0.4, 0.5) is 13.2 Å². The highest BCUT2D eigenvalue weighted by atomic mass is 19.4. The number of fused-ring (bicyclic) bond motifs is 1. The molecular weight excluding hydrogens is 433 g/mol. The van der Waals surface area contributed by atoms with Crippen molar-refractivity contribution in [1.82, 2.24) is 0 Å². The highest BCUT2D eigenvalue weighted by Gasteiger charge is 2.51. The fraction of sp³-hybridized carbons (Fsp3) is 0.269. The molecule has 1 heterocycles. The number of halogens is 3. The van der Waals surface area contributed by atoms with Crippen LogP contribution in [0, 0.1) is 0 Å². The first-order valence-electron chi connectivity index (χ1n) is 10.6. The van der Waals surface area contributed by atoms with E-state index in [1.165, 1.54) is 0 Å². The van der Waals surface area contributed by atoms with Gasteiger partial charge in [-0.1, -0.05) is 36.4 Å². The summed E-state index contributed by atoms with van der Waals surface area (Å²) in [6, 6.07) is 15.9. The van der Waals surface area contributed by atoms with Gasteiger partial charge in [0.2, 0.25) is 6.79 Å². The summed E-state index contributed by atoms with van der Waals surface area (Å²) in [4.78, 5) is 13.3. The number of benzene rings is 3. The molecule has 1 N–H and O–H groups in total. The lowest BCUT2D eigenvalue weighted by Gasteiger charge is -2.17. The largest absolute Gasteiger partial charge is 0.454 e. The van der Waals surface area contributed by atoms with Gasteiger partial charge in [-0.15, -0.1) is 0 Å². The van der Waals surface area contributed by atoms with Crippen LogP contribution >= 0.6 is 0 Å². The summed E-state index contributed by atoms with van der Waals surface area (Å²) in [6.07, 6.45) is -3.39. The molecule has 0 bridgehead atoms. The molecular formula is C26H21F3O4. The van der Waals surface area contributed by atoms with Crippen LogP contribution in [-0.2, 0) is 29.4 Å². The molecule has 0 saturated heterocycles. The third-order valence-electron chi connectivity index (χ3n) is 6.39. The number of carbonyl (C=O) groups is 1. The van der Waals surface area contributed by atoms with E-state index >= 15 is 0 Å². The van der Waals surface area contributed by atoms with E-state index in [0.717, 1.165) is 17.7 Å². The van der Waals surface area contributed by atoms with Gasteiger partial charge >= 0.3 is 6.18 Å². The zero-order valence-electron chi connectivity index (χ0n) is 17.6. The first-order chi connectivity index (χ1) is 15.8. The molecule has 1 aliphatic heterocycles. The molecule has 1 saturated carbocycles. The summed E-state index contributed by atoms with van der Waals surface area (Å²) >= 11 is 0. The number of aliphatic hydroxyl groups is 1. The smallest absolute Gasteiger partial charge is 0.416 e. The molecule has 3 aromatic rings. The minimum atomic E-state index is -4.56. The first-order valence-corrected chi connectivity index (χ1v) is 10.6. The molecule has 1 aliphatic carbocycles. The van der Waals surface area contributed by atoms with Crippen LogP contribution in [0.5, 0.6) is 11.5 Å². The third kappa shape index (κ3) is 3.97. The van der Waals surface area contributed by atoms with E-state index in [4.69, 9.17) is 9.47 Å². The average molecular weight is 454 g/mol. The van der Waals surface area contributed by atoms with Gasteiger partial charge in [-0.3, -0.25) is 4.79 Å². The number of Topliss-reactive ketones (excluding diaryl/α,β-unsaturated/α-hetero) is 1. The van der Waals surface area contributed by atoms with Crippen LogP contribution in [0.2, 0.25) is 0 Å². The number of ketones is 1.